The van der Waals surface area contributed by atoms with Gasteiger partial charge in [-0.1, -0.05) is 12.1 Å². The quantitative estimate of drug-likeness (QED) is 0.606. The Morgan fingerprint density at radius 2 is 1.77 bits per heavy atom. The number of para-hydroxylation sites is 1. The van der Waals surface area contributed by atoms with E-state index in [0.717, 1.165) is 5.52 Å². The standard InChI is InChI=1S/C21H21N5O4/c1-25-16-9-7-12(11-17(16)26(2)21(25)30)22-18(27)10-8-15-20(29)23-14-6-4-3-5-13(14)19(28)24-15/h3-7,9,11,15H,8,10H2,1-2H3,(H,22,27)(H,23,29)(H,24,28). The molecule has 9 heteroatoms. The highest BCUT2D eigenvalue weighted by Gasteiger charge is 2.27. The first-order valence-corrected chi connectivity index (χ1v) is 9.51. The van der Waals surface area contributed by atoms with Gasteiger partial charge in [-0.05, 0) is 36.8 Å². The highest BCUT2D eigenvalue weighted by atomic mass is 16.2. The second-order valence-corrected chi connectivity index (χ2v) is 7.25. The molecular formula is C21H21N5O4. The maximum absolute atomic E-state index is 12.4. The smallest absolute Gasteiger partial charge is 0.328 e. The van der Waals surface area contributed by atoms with Crippen molar-refractivity contribution in [3.8, 4) is 0 Å². The minimum absolute atomic E-state index is 0.0421. The van der Waals surface area contributed by atoms with Crippen LogP contribution in [-0.4, -0.2) is 32.9 Å². The number of imidazole rings is 1. The number of nitrogens with one attached hydrogen (secondary N) is 3. The number of anilines is 2. The summed E-state index contributed by atoms with van der Waals surface area (Å²) < 4.78 is 3.04. The molecule has 0 aliphatic carbocycles. The number of nitrogens with zero attached hydrogens (tertiary/aromatic N) is 2. The summed E-state index contributed by atoms with van der Waals surface area (Å²) in [6, 6.07) is 11.1. The van der Waals surface area contributed by atoms with Crippen molar-refractivity contribution in [2.75, 3.05) is 10.6 Å². The number of hydrogen-bond acceptors (Lipinski definition) is 4. The zero-order valence-electron chi connectivity index (χ0n) is 16.6. The number of aromatic nitrogens is 2. The minimum atomic E-state index is -0.812. The predicted octanol–water partition coefficient (Wildman–Crippen LogP) is 1.35. The normalized spacial score (nSPS) is 15.9. The molecule has 3 amide bonds. The van der Waals surface area contributed by atoms with Crippen molar-refractivity contribution in [1.82, 2.24) is 14.5 Å². The van der Waals surface area contributed by atoms with Crippen LogP contribution in [0.15, 0.2) is 47.3 Å². The molecule has 1 atom stereocenters. The molecule has 0 radical (unpaired) electrons. The number of hydrogen-bond donors (Lipinski definition) is 3. The van der Waals surface area contributed by atoms with Gasteiger partial charge in [0.25, 0.3) is 5.91 Å². The molecule has 4 rings (SSSR count). The lowest BCUT2D eigenvalue weighted by atomic mass is 10.1. The van der Waals surface area contributed by atoms with E-state index in [1.807, 2.05) is 0 Å². The van der Waals surface area contributed by atoms with E-state index in [1.54, 1.807) is 56.6 Å². The SMILES string of the molecule is Cn1c(=O)n(C)c2cc(NC(=O)CCC3NC(=O)c4ccccc4NC3=O)ccc21. The molecular weight excluding hydrogens is 386 g/mol. The molecule has 3 aromatic rings. The number of rotatable bonds is 4. The number of fused-ring (bicyclic) bond motifs is 2. The molecule has 0 fully saturated rings. The number of benzene rings is 2. The highest BCUT2D eigenvalue weighted by molar-refractivity contribution is 6.10. The van der Waals surface area contributed by atoms with Crippen LogP contribution >= 0.6 is 0 Å². The van der Waals surface area contributed by atoms with E-state index in [2.05, 4.69) is 16.0 Å². The van der Waals surface area contributed by atoms with Crippen LogP contribution in [0.3, 0.4) is 0 Å². The summed E-state index contributed by atoms with van der Waals surface area (Å²) in [4.78, 5) is 49.2. The van der Waals surface area contributed by atoms with E-state index in [0.29, 0.717) is 22.5 Å². The molecule has 2 aromatic carbocycles. The van der Waals surface area contributed by atoms with Crippen molar-refractivity contribution < 1.29 is 14.4 Å². The van der Waals surface area contributed by atoms with Gasteiger partial charge in [-0.25, -0.2) is 4.79 Å². The molecule has 1 aliphatic rings. The van der Waals surface area contributed by atoms with Crippen LogP contribution < -0.4 is 21.6 Å². The Morgan fingerprint density at radius 3 is 2.57 bits per heavy atom. The fraction of sp³-hybridized carbons (Fsp3) is 0.238. The van der Waals surface area contributed by atoms with Crippen molar-refractivity contribution in [1.29, 1.82) is 0 Å². The fourth-order valence-electron chi connectivity index (χ4n) is 3.60. The first-order valence-electron chi connectivity index (χ1n) is 9.51. The van der Waals surface area contributed by atoms with Gasteiger partial charge < -0.3 is 16.0 Å². The van der Waals surface area contributed by atoms with E-state index in [-0.39, 0.29) is 36.3 Å². The zero-order valence-corrected chi connectivity index (χ0v) is 16.6. The third-order valence-electron chi connectivity index (χ3n) is 5.27. The van der Waals surface area contributed by atoms with E-state index in [1.165, 1.54) is 9.13 Å². The van der Waals surface area contributed by atoms with Crippen molar-refractivity contribution >= 4 is 40.1 Å². The number of carbonyl (C=O) groups is 3. The summed E-state index contributed by atoms with van der Waals surface area (Å²) in [6.07, 6.45) is 0.198. The average molecular weight is 407 g/mol. The van der Waals surface area contributed by atoms with Crippen LogP contribution in [0.25, 0.3) is 11.0 Å². The molecule has 1 unspecified atom stereocenters. The summed E-state index contributed by atoms with van der Waals surface area (Å²) in [6.45, 7) is 0. The Morgan fingerprint density at radius 1 is 1.03 bits per heavy atom. The van der Waals surface area contributed by atoms with Gasteiger partial charge in [0, 0.05) is 26.2 Å². The van der Waals surface area contributed by atoms with E-state index < -0.39 is 6.04 Å². The number of carbonyl (C=O) groups excluding carboxylic acids is 3. The molecule has 2 heterocycles. The van der Waals surface area contributed by atoms with Gasteiger partial charge in [0.2, 0.25) is 11.8 Å². The topological polar surface area (TPSA) is 114 Å². The van der Waals surface area contributed by atoms with Gasteiger partial charge in [-0.2, -0.15) is 0 Å². The number of amides is 3. The average Bonchev–Trinajstić information content (AvgIpc) is 2.87. The molecule has 0 saturated carbocycles. The minimum Gasteiger partial charge on any atom is -0.340 e. The molecule has 9 nitrogen and oxygen atoms in total. The highest BCUT2D eigenvalue weighted by Crippen LogP contribution is 2.20. The number of aryl methyl sites for hydroxylation is 2. The molecule has 1 aromatic heterocycles. The Kier molecular flexibility index (Phi) is 4.86. The maximum Gasteiger partial charge on any atom is 0.328 e. The fourth-order valence-corrected chi connectivity index (χ4v) is 3.60. The Balaban J connectivity index is 1.42. The van der Waals surface area contributed by atoms with Gasteiger partial charge in [0.15, 0.2) is 0 Å². The third-order valence-corrected chi connectivity index (χ3v) is 5.27. The van der Waals surface area contributed by atoms with Crippen molar-refractivity contribution in [3.05, 3.63) is 58.5 Å². The monoisotopic (exact) mass is 407 g/mol. The summed E-state index contributed by atoms with van der Waals surface area (Å²) in [5.74, 6) is -1.01. The van der Waals surface area contributed by atoms with E-state index in [9.17, 15) is 19.2 Å². The largest absolute Gasteiger partial charge is 0.340 e. The van der Waals surface area contributed by atoms with Gasteiger partial charge in [-0.3, -0.25) is 23.5 Å². The van der Waals surface area contributed by atoms with E-state index in [4.69, 9.17) is 0 Å². The summed E-state index contributed by atoms with van der Waals surface area (Å²) in [7, 11) is 3.36. The molecule has 0 bridgehead atoms. The van der Waals surface area contributed by atoms with Crippen molar-refractivity contribution in [2.24, 2.45) is 14.1 Å². The molecule has 0 saturated heterocycles. The lowest BCUT2D eigenvalue weighted by Crippen LogP contribution is -2.41. The first-order chi connectivity index (χ1) is 14.3. The summed E-state index contributed by atoms with van der Waals surface area (Å²) >= 11 is 0. The Bertz CT molecular complexity index is 1240. The van der Waals surface area contributed by atoms with Crippen LogP contribution in [0.5, 0.6) is 0 Å². The van der Waals surface area contributed by atoms with Crippen LogP contribution in [0.4, 0.5) is 11.4 Å². The van der Waals surface area contributed by atoms with E-state index >= 15 is 0 Å². The lowest BCUT2D eigenvalue weighted by molar-refractivity contribution is -0.118. The van der Waals surface area contributed by atoms with Gasteiger partial charge in [-0.15, -0.1) is 0 Å². The third kappa shape index (κ3) is 3.45. The molecule has 154 valence electrons. The molecule has 30 heavy (non-hydrogen) atoms. The predicted molar refractivity (Wildman–Crippen MR) is 112 cm³/mol. The molecule has 0 spiro atoms. The van der Waals surface area contributed by atoms with Crippen LogP contribution in [-0.2, 0) is 23.7 Å². The molecule has 3 N–H and O–H groups in total. The van der Waals surface area contributed by atoms with Gasteiger partial charge >= 0.3 is 5.69 Å². The van der Waals surface area contributed by atoms with Crippen molar-refractivity contribution in [2.45, 2.75) is 18.9 Å². The second kappa shape index (κ2) is 7.51. The maximum atomic E-state index is 12.4. The summed E-state index contributed by atoms with van der Waals surface area (Å²) in [5, 5.41) is 8.17. The molecule has 1 aliphatic heterocycles. The second-order valence-electron chi connectivity index (χ2n) is 7.25. The van der Waals surface area contributed by atoms with Crippen LogP contribution in [0.1, 0.15) is 23.2 Å². The van der Waals surface area contributed by atoms with Gasteiger partial charge in [0.05, 0.1) is 22.3 Å². The van der Waals surface area contributed by atoms with Crippen LogP contribution in [0, 0.1) is 0 Å². The van der Waals surface area contributed by atoms with Gasteiger partial charge in [0.1, 0.15) is 6.04 Å². The lowest BCUT2D eigenvalue weighted by Gasteiger charge is -2.14. The summed E-state index contributed by atoms with van der Waals surface area (Å²) in [5.41, 5.74) is 2.71. The zero-order chi connectivity index (χ0) is 21.4. The van der Waals surface area contributed by atoms with Crippen LogP contribution in [0.2, 0.25) is 0 Å². The Labute approximate surface area is 171 Å². The van der Waals surface area contributed by atoms with Crippen molar-refractivity contribution in [3.63, 3.8) is 0 Å². The first kappa shape index (κ1) is 19.4. The Hall–Kier alpha value is -3.88.